The van der Waals surface area contributed by atoms with E-state index in [1.54, 1.807) is 0 Å². The Kier molecular flexibility index (Phi) is 3.22. The van der Waals surface area contributed by atoms with E-state index in [2.05, 4.69) is 66.5 Å². The summed E-state index contributed by atoms with van der Waals surface area (Å²) in [5.74, 6) is 0. The fourth-order valence-electron chi connectivity index (χ4n) is 1.87. The zero-order valence-electron chi connectivity index (χ0n) is 9.65. The number of rotatable bonds is 2. The second kappa shape index (κ2) is 4.48. The van der Waals surface area contributed by atoms with Crippen molar-refractivity contribution in [1.82, 2.24) is 4.57 Å². The van der Waals surface area contributed by atoms with Crippen molar-refractivity contribution < 1.29 is 0 Å². The highest BCUT2D eigenvalue weighted by molar-refractivity contribution is 6.87. The van der Waals surface area contributed by atoms with Gasteiger partial charge >= 0.3 is 0 Å². The second-order valence-corrected chi connectivity index (χ2v) is 9.19. The summed E-state index contributed by atoms with van der Waals surface area (Å²) in [5.41, 5.74) is 0. The van der Waals surface area contributed by atoms with Gasteiger partial charge in [0.05, 0.1) is 0 Å². The van der Waals surface area contributed by atoms with Gasteiger partial charge in [-0.1, -0.05) is 48.0 Å². The van der Waals surface area contributed by atoms with Gasteiger partial charge in [-0.05, 0) is 24.5 Å². The summed E-state index contributed by atoms with van der Waals surface area (Å²) in [6, 6.07) is 10.7. The van der Waals surface area contributed by atoms with Gasteiger partial charge in [0.1, 0.15) is 0 Å². The summed E-state index contributed by atoms with van der Waals surface area (Å²) in [7, 11) is -1.63. The molecular formula is C13H16ClNSi. The minimum absolute atomic E-state index is 0.858. The van der Waals surface area contributed by atoms with Crippen LogP contribution in [0.4, 0.5) is 0 Å². The van der Waals surface area contributed by atoms with Crippen LogP contribution in [0.5, 0.6) is 0 Å². The molecule has 0 aromatic heterocycles. The normalized spacial score (nSPS) is 16.2. The molecule has 16 heavy (non-hydrogen) atoms. The van der Waals surface area contributed by atoms with Crippen LogP contribution in [0.3, 0.4) is 0 Å². The number of hydrogen-bond donors (Lipinski definition) is 0. The molecule has 0 aliphatic carbocycles. The molecule has 3 heteroatoms. The van der Waals surface area contributed by atoms with E-state index < -0.39 is 8.24 Å². The molecular weight excluding hydrogens is 234 g/mol. The molecule has 0 bridgehead atoms. The van der Waals surface area contributed by atoms with Crippen molar-refractivity contribution >= 4 is 25.0 Å². The van der Waals surface area contributed by atoms with Gasteiger partial charge in [0.15, 0.2) is 8.24 Å². The van der Waals surface area contributed by atoms with E-state index >= 15 is 0 Å². The standard InChI is InChI=1S/C13H16ClNSi/c1-16(2,13-8-4-3-5-9-13)15-10-6-7-12(14)11-15/h3-6,8-11H,7H2,1-2H3. The highest BCUT2D eigenvalue weighted by Gasteiger charge is 2.29. The maximum atomic E-state index is 6.10. The molecule has 1 aliphatic heterocycles. The molecule has 0 atom stereocenters. The topological polar surface area (TPSA) is 3.24 Å². The summed E-state index contributed by atoms with van der Waals surface area (Å²) in [6.45, 7) is 4.66. The zero-order valence-corrected chi connectivity index (χ0v) is 11.4. The molecule has 1 aliphatic rings. The van der Waals surface area contributed by atoms with E-state index in [1.807, 2.05) is 0 Å². The van der Waals surface area contributed by atoms with E-state index in [0.29, 0.717) is 0 Å². The third kappa shape index (κ3) is 2.23. The molecule has 1 nitrogen and oxygen atoms in total. The Bertz CT molecular complexity index is 423. The largest absolute Gasteiger partial charge is 0.376 e. The van der Waals surface area contributed by atoms with Crippen LogP contribution in [0.1, 0.15) is 6.42 Å². The minimum Gasteiger partial charge on any atom is -0.376 e. The number of halogens is 1. The van der Waals surface area contributed by atoms with Crippen LogP contribution in [0.15, 0.2) is 53.8 Å². The van der Waals surface area contributed by atoms with Crippen molar-refractivity contribution in [1.29, 1.82) is 0 Å². The van der Waals surface area contributed by atoms with Crippen LogP contribution >= 0.6 is 11.6 Å². The molecule has 0 unspecified atom stereocenters. The Balaban J connectivity index is 2.32. The zero-order chi connectivity index (χ0) is 11.6. The summed E-state index contributed by atoms with van der Waals surface area (Å²) in [6.07, 6.45) is 7.21. The first-order chi connectivity index (χ1) is 7.60. The third-order valence-electron chi connectivity index (χ3n) is 2.98. The van der Waals surface area contributed by atoms with Crippen molar-refractivity contribution in [2.75, 3.05) is 0 Å². The molecule has 1 heterocycles. The molecule has 84 valence electrons. The summed E-state index contributed by atoms with van der Waals surface area (Å²) in [4.78, 5) is 0. The molecule has 0 spiro atoms. The van der Waals surface area contributed by atoms with Crippen LogP contribution in [0.25, 0.3) is 0 Å². The maximum Gasteiger partial charge on any atom is 0.186 e. The lowest BCUT2D eigenvalue weighted by molar-refractivity contribution is 0.745. The molecule has 1 aromatic carbocycles. The molecule has 0 saturated carbocycles. The molecule has 0 saturated heterocycles. The van der Waals surface area contributed by atoms with Gasteiger partial charge in [0.25, 0.3) is 0 Å². The maximum absolute atomic E-state index is 6.10. The summed E-state index contributed by atoms with van der Waals surface area (Å²) in [5, 5.41) is 2.33. The van der Waals surface area contributed by atoms with Gasteiger partial charge < -0.3 is 4.57 Å². The number of nitrogens with zero attached hydrogens (tertiary/aromatic N) is 1. The summed E-state index contributed by atoms with van der Waals surface area (Å²) < 4.78 is 2.30. The smallest absolute Gasteiger partial charge is 0.186 e. The first-order valence-electron chi connectivity index (χ1n) is 5.47. The van der Waals surface area contributed by atoms with Gasteiger partial charge in [-0.3, -0.25) is 0 Å². The molecule has 0 N–H and O–H groups in total. The van der Waals surface area contributed by atoms with Crippen molar-refractivity contribution in [3.63, 3.8) is 0 Å². The van der Waals surface area contributed by atoms with Crippen molar-refractivity contribution in [2.45, 2.75) is 19.5 Å². The monoisotopic (exact) mass is 249 g/mol. The van der Waals surface area contributed by atoms with Crippen LogP contribution in [-0.4, -0.2) is 12.8 Å². The molecule has 0 radical (unpaired) electrons. The van der Waals surface area contributed by atoms with Crippen LogP contribution in [0.2, 0.25) is 13.1 Å². The average molecular weight is 250 g/mol. The van der Waals surface area contributed by atoms with Crippen LogP contribution < -0.4 is 5.19 Å². The number of benzene rings is 1. The van der Waals surface area contributed by atoms with E-state index in [1.165, 1.54) is 5.19 Å². The molecule has 0 amide bonds. The first-order valence-corrected chi connectivity index (χ1v) is 8.80. The quantitative estimate of drug-likeness (QED) is 0.727. The van der Waals surface area contributed by atoms with Gasteiger partial charge in [0.2, 0.25) is 0 Å². The predicted octanol–water partition coefficient (Wildman–Crippen LogP) is 3.40. The van der Waals surface area contributed by atoms with E-state index in [9.17, 15) is 0 Å². The van der Waals surface area contributed by atoms with Crippen molar-refractivity contribution in [2.24, 2.45) is 0 Å². The molecule has 0 fully saturated rings. The van der Waals surface area contributed by atoms with Crippen molar-refractivity contribution in [3.8, 4) is 0 Å². The van der Waals surface area contributed by atoms with E-state index in [-0.39, 0.29) is 0 Å². The number of hydrogen-bond acceptors (Lipinski definition) is 1. The van der Waals surface area contributed by atoms with Gasteiger partial charge in [-0.25, -0.2) is 0 Å². The molecule has 1 aromatic rings. The minimum atomic E-state index is -1.63. The Labute approximate surface area is 103 Å². The third-order valence-corrected chi connectivity index (χ3v) is 6.55. The fourth-order valence-corrected chi connectivity index (χ4v) is 4.41. The lowest BCUT2D eigenvalue weighted by Crippen LogP contribution is -2.53. The number of allylic oxidation sites excluding steroid dienone is 2. The Morgan fingerprint density at radius 3 is 2.50 bits per heavy atom. The lowest BCUT2D eigenvalue weighted by atomic mass is 10.3. The highest BCUT2D eigenvalue weighted by Crippen LogP contribution is 2.21. The molecule has 2 rings (SSSR count). The fraction of sp³-hybridized carbons (Fsp3) is 0.231. The highest BCUT2D eigenvalue weighted by atomic mass is 35.5. The Hall–Kier alpha value is -0.993. The van der Waals surface area contributed by atoms with Gasteiger partial charge in [0, 0.05) is 17.7 Å². The predicted molar refractivity (Wildman–Crippen MR) is 73.1 cm³/mol. The Morgan fingerprint density at radius 1 is 1.19 bits per heavy atom. The first kappa shape index (κ1) is 11.5. The van der Waals surface area contributed by atoms with Crippen LogP contribution in [0, 0.1) is 0 Å². The van der Waals surface area contributed by atoms with Crippen molar-refractivity contribution in [3.05, 3.63) is 53.8 Å². The summed E-state index contributed by atoms with van der Waals surface area (Å²) >= 11 is 6.10. The van der Waals surface area contributed by atoms with E-state index in [4.69, 9.17) is 11.6 Å². The Morgan fingerprint density at radius 2 is 1.88 bits per heavy atom. The second-order valence-electron chi connectivity index (χ2n) is 4.50. The van der Waals surface area contributed by atoms with Gasteiger partial charge in [-0.15, -0.1) is 0 Å². The lowest BCUT2D eigenvalue weighted by Gasteiger charge is -2.35. The SMILES string of the molecule is C[Si](C)(c1ccccc1)N1C=CCC(Cl)=C1. The van der Waals surface area contributed by atoms with Crippen LogP contribution in [-0.2, 0) is 0 Å². The van der Waals surface area contributed by atoms with Gasteiger partial charge in [-0.2, -0.15) is 0 Å². The average Bonchev–Trinajstić information content (AvgIpc) is 2.30. The van der Waals surface area contributed by atoms with E-state index in [0.717, 1.165) is 11.5 Å².